The standard InChI is InChI=1S/C10H12F2O2/c1-13-10(12)9(7-11)14-8-5-3-2-4-6-8/h2-6,9-10H,7H2,1H3/t9-,10+/m1/s1. The van der Waals surface area contributed by atoms with Gasteiger partial charge in [0, 0.05) is 7.11 Å². The summed E-state index contributed by atoms with van der Waals surface area (Å²) in [6, 6.07) is 8.51. The third-order valence-electron chi connectivity index (χ3n) is 1.70. The maximum absolute atomic E-state index is 12.9. The molecule has 0 N–H and O–H groups in total. The summed E-state index contributed by atoms with van der Waals surface area (Å²) in [5.41, 5.74) is 0. The maximum Gasteiger partial charge on any atom is 0.238 e. The molecule has 2 nitrogen and oxygen atoms in total. The van der Waals surface area contributed by atoms with Crippen LogP contribution in [0.1, 0.15) is 0 Å². The van der Waals surface area contributed by atoms with Gasteiger partial charge in [-0.3, -0.25) is 0 Å². The Hall–Kier alpha value is -1.16. The van der Waals surface area contributed by atoms with Gasteiger partial charge in [0.1, 0.15) is 12.4 Å². The first-order valence-electron chi connectivity index (χ1n) is 4.22. The fourth-order valence-electron chi connectivity index (χ4n) is 0.981. The number of benzene rings is 1. The minimum absolute atomic E-state index is 0.426. The molecule has 78 valence electrons. The monoisotopic (exact) mass is 202 g/mol. The van der Waals surface area contributed by atoms with Gasteiger partial charge in [-0.15, -0.1) is 0 Å². The number of methoxy groups -OCH3 is 1. The van der Waals surface area contributed by atoms with E-state index in [-0.39, 0.29) is 0 Å². The van der Waals surface area contributed by atoms with Crippen molar-refractivity contribution in [2.45, 2.75) is 12.5 Å². The van der Waals surface area contributed by atoms with Gasteiger partial charge in [-0.05, 0) is 12.1 Å². The van der Waals surface area contributed by atoms with Gasteiger partial charge in [-0.2, -0.15) is 0 Å². The van der Waals surface area contributed by atoms with Crippen LogP contribution in [-0.2, 0) is 4.74 Å². The van der Waals surface area contributed by atoms with Gasteiger partial charge in [0.2, 0.25) is 6.36 Å². The van der Waals surface area contributed by atoms with E-state index < -0.39 is 19.1 Å². The SMILES string of the molecule is CO[C@H](F)[C@@H](CF)Oc1ccccc1. The molecule has 0 aromatic heterocycles. The number of alkyl halides is 2. The van der Waals surface area contributed by atoms with Crippen molar-refractivity contribution in [3.8, 4) is 5.75 Å². The van der Waals surface area contributed by atoms with Gasteiger partial charge in [0.05, 0.1) is 0 Å². The maximum atomic E-state index is 12.9. The summed E-state index contributed by atoms with van der Waals surface area (Å²) >= 11 is 0. The summed E-state index contributed by atoms with van der Waals surface area (Å²) in [5, 5.41) is 0. The molecule has 0 aliphatic rings. The van der Waals surface area contributed by atoms with Crippen molar-refractivity contribution >= 4 is 0 Å². The van der Waals surface area contributed by atoms with E-state index in [1.54, 1.807) is 30.3 Å². The molecule has 1 rings (SSSR count). The van der Waals surface area contributed by atoms with E-state index in [1.807, 2.05) is 0 Å². The van der Waals surface area contributed by atoms with E-state index in [0.717, 1.165) is 0 Å². The van der Waals surface area contributed by atoms with Crippen LogP contribution in [0, 0.1) is 0 Å². The minimum Gasteiger partial charge on any atom is -0.482 e. The molecule has 0 saturated carbocycles. The Labute approximate surface area is 81.4 Å². The molecule has 0 heterocycles. The van der Waals surface area contributed by atoms with E-state index in [4.69, 9.17) is 4.74 Å². The number of ether oxygens (including phenoxy) is 2. The highest BCUT2D eigenvalue weighted by atomic mass is 19.2. The minimum atomic E-state index is -1.75. The van der Waals surface area contributed by atoms with Gasteiger partial charge < -0.3 is 9.47 Å². The number of rotatable bonds is 5. The molecule has 0 aliphatic heterocycles. The second kappa shape index (κ2) is 5.54. The summed E-state index contributed by atoms with van der Waals surface area (Å²) in [4.78, 5) is 0. The average Bonchev–Trinajstić information content (AvgIpc) is 2.26. The van der Waals surface area contributed by atoms with Crippen LogP contribution >= 0.6 is 0 Å². The Morgan fingerprint density at radius 3 is 2.43 bits per heavy atom. The largest absolute Gasteiger partial charge is 0.482 e. The van der Waals surface area contributed by atoms with Crippen LogP contribution in [0.5, 0.6) is 5.75 Å². The Balaban J connectivity index is 2.57. The van der Waals surface area contributed by atoms with Crippen molar-refractivity contribution in [3.05, 3.63) is 30.3 Å². The van der Waals surface area contributed by atoms with E-state index >= 15 is 0 Å². The van der Waals surface area contributed by atoms with Gasteiger partial charge in [-0.1, -0.05) is 18.2 Å². The number of halogens is 2. The van der Waals surface area contributed by atoms with Crippen molar-refractivity contribution in [1.29, 1.82) is 0 Å². The van der Waals surface area contributed by atoms with Crippen LogP contribution < -0.4 is 4.74 Å². The molecule has 1 aromatic rings. The first kappa shape index (κ1) is 10.9. The second-order valence-electron chi connectivity index (χ2n) is 2.71. The van der Waals surface area contributed by atoms with Crippen LogP contribution in [0.2, 0.25) is 0 Å². The Morgan fingerprint density at radius 1 is 1.29 bits per heavy atom. The zero-order valence-corrected chi connectivity index (χ0v) is 7.82. The number of hydrogen-bond donors (Lipinski definition) is 0. The fraction of sp³-hybridized carbons (Fsp3) is 0.400. The van der Waals surface area contributed by atoms with Crippen molar-refractivity contribution in [1.82, 2.24) is 0 Å². The van der Waals surface area contributed by atoms with Crippen LogP contribution in [0.4, 0.5) is 8.78 Å². The molecule has 0 spiro atoms. The van der Waals surface area contributed by atoms with Crippen LogP contribution in [0.15, 0.2) is 30.3 Å². The van der Waals surface area contributed by atoms with Crippen LogP contribution in [-0.4, -0.2) is 26.2 Å². The second-order valence-corrected chi connectivity index (χ2v) is 2.71. The molecule has 1 aromatic carbocycles. The lowest BCUT2D eigenvalue weighted by atomic mass is 10.3. The van der Waals surface area contributed by atoms with Gasteiger partial charge in [0.15, 0.2) is 6.10 Å². The lowest BCUT2D eigenvalue weighted by molar-refractivity contribution is -0.0871. The molecule has 0 saturated heterocycles. The first-order valence-corrected chi connectivity index (χ1v) is 4.22. The molecule has 2 atom stereocenters. The van der Waals surface area contributed by atoms with Gasteiger partial charge in [0.25, 0.3) is 0 Å². The zero-order chi connectivity index (χ0) is 10.4. The van der Waals surface area contributed by atoms with Crippen LogP contribution in [0.3, 0.4) is 0 Å². The van der Waals surface area contributed by atoms with Crippen molar-refractivity contribution in [2.24, 2.45) is 0 Å². The van der Waals surface area contributed by atoms with Crippen LogP contribution in [0.25, 0.3) is 0 Å². The smallest absolute Gasteiger partial charge is 0.238 e. The topological polar surface area (TPSA) is 18.5 Å². The Bertz CT molecular complexity index is 254. The van der Waals surface area contributed by atoms with Gasteiger partial charge >= 0.3 is 0 Å². The summed E-state index contributed by atoms with van der Waals surface area (Å²) in [6.07, 6.45) is -2.96. The molecule has 0 radical (unpaired) electrons. The van der Waals surface area contributed by atoms with Crippen molar-refractivity contribution in [2.75, 3.05) is 13.8 Å². The summed E-state index contributed by atoms with van der Waals surface area (Å²) in [5.74, 6) is 0.426. The molecule has 0 fully saturated rings. The van der Waals surface area contributed by atoms with E-state index in [0.29, 0.717) is 5.75 Å². The third-order valence-corrected chi connectivity index (χ3v) is 1.70. The molecular weight excluding hydrogens is 190 g/mol. The predicted molar refractivity (Wildman–Crippen MR) is 48.7 cm³/mol. The Morgan fingerprint density at radius 2 is 1.93 bits per heavy atom. The van der Waals surface area contributed by atoms with Crippen molar-refractivity contribution < 1.29 is 18.3 Å². The predicted octanol–water partition coefficient (Wildman–Crippen LogP) is 2.35. The summed E-state index contributed by atoms with van der Waals surface area (Å²) < 4.78 is 34.6. The number of hydrogen-bond acceptors (Lipinski definition) is 2. The van der Waals surface area contributed by atoms with E-state index in [9.17, 15) is 8.78 Å². The summed E-state index contributed by atoms with van der Waals surface area (Å²) in [7, 11) is 1.17. The Kier molecular flexibility index (Phi) is 4.32. The van der Waals surface area contributed by atoms with E-state index in [1.165, 1.54) is 7.11 Å². The molecule has 0 unspecified atom stereocenters. The molecular formula is C10H12F2O2. The third kappa shape index (κ3) is 2.96. The highest BCUT2D eigenvalue weighted by Gasteiger charge is 2.22. The highest BCUT2D eigenvalue weighted by molar-refractivity contribution is 5.21. The van der Waals surface area contributed by atoms with Gasteiger partial charge in [-0.25, -0.2) is 8.78 Å². The normalized spacial score (nSPS) is 14.8. The molecule has 0 amide bonds. The highest BCUT2D eigenvalue weighted by Crippen LogP contribution is 2.14. The lowest BCUT2D eigenvalue weighted by Crippen LogP contribution is -2.31. The quantitative estimate of drug-likeness (QED) is 0.729. The average molecular weight is 202 g/mol. The number of para-hydroxylation sites is 1. The molecule has 4 heteroatoms. The lowest BCUT2D eigenvalue weighted by Gasteiger charge is -2.18. The van der Waals surface area contributed by atoms with E-state index in [2.05, 4.69) is 4.74 Å². The molecule has 0 bridgehead atoms. The fourth-order valence-corrected chi connectivity index (χ4v) is 0.981. The van der Waals surface area contributed by atoms with Crippen molar-refractivity contribution in [3.63, 3.8) is 0 Å². The first-order chi connectivity index (χ1) is 6.77. The molecule has 14 heavy (non-hydrogen) atoms. The molecule has 0 aliphatic carbocycles. The summed E-state index contributed by atoms with van der Waals surface area (Å²) in [6.45, 7) is -0.927. The zero-order valence-electron chi connectivity index (χ0n) is 7.82.